The molecule has 0 unspecified atom stereocenters. The number of hydrogen-bond donors (Lipinski definition) is 0. The topological polar surface area (TPSA) is 3.24 Å². The molecule has 1 nitrogen and oxygen atoms in total. The highest BCUT2D eigenvalue weighted by molar-refractivity contribution is 5.46. The average molecular weight is 328 g/mol. The molecule has 2 aliphatic rings. The molecule has 0 spiro atoms. The van der Waals surface area contributed by atoms with Crippen LogP contribution in [-0.4, -0.2) is 14.1 Å². The van der Waals surface area contributed by atoms with Gasteiger partial charge in [0.05, 0.1) is 0 Å². The third-order valence-corrected chi connectivity index (χ3v) is 6.91. The van der Waals surface area contributed by atoms with E-state index in [1.807, 2.05) is 0 Å². The Morgan fingerprint density at radius 1 is 0.792 bits per heavy atom. The number of hydrogen-bond acceptors (Lipinski definition) is 1. The Balaban J connectivity index is 1.47. The summed E-state index contributed by atoms with van der Waals surface area (Å²) in [6, 6.07) is 9.32. The van der Waals surface area contributed by atoms with Crippen LogP contribution in [0.3, 0.4) is 0 Å². The van der Waals surface area contributed by atoms with Crippen LogP contribution in [-0.2, 0) is 0 Å². The standard InChI is InChI=1S/C23H37N/c1-4-5-18-6-8-19(9-7-18)20-10-12-21(13-11-20)22-14-16-23(17-15-22)24(2)3/h14-21H,4-13H2,1-3H3. The summed E-state index contributed by atoms with van der Waals surface area (Å²) >= 11 is 0. The van der Waals surface area contributed by atoms with Crippen LogP contribution in [0.1, 0.15) is 82.6 Å². The Bertz CT molecular complexity index is 473. The highest BCUT2D eigenvalue weighted by Gasteiger charge is 2.31. The highest BCUT2D eigenvalue weighted by atomic mass is 15.1. The van der Waals surface area contributed by atoms with E-state index in [4.69, 9.17) is 0 Å². The van der Waals surface area contributed by atoms with Crippen molar-refractivity contribution >= 4 is 5.69 Å². The Labute approximate surface area is 149 Å². The maximum absolute atomic E-state index is 2.37. The van der Waals surface area contributed by atoms with Gasteiger partial charge in [0, 0.05) is 19.8 Å². The Kier molecular flexibility index (Phi) is 6.25. The Morgan fingerprint density at radius 3 is 1.83 bits per heavy atom. The molecule has 0 amide bonds. The van der Waals surface area contributed by atoms with Gasteiger partial charge in [-0.3, -0.25) is 0 Å². The predicted octanol–water partition coefficient (Wildman–Crippen LogP) is 6.63. The average Bonchev–Trinajstić information content (AvgIpc) is 2.63. The van der Waals surface area contributed by atoms with Gasteiger partial charge in [0.2, 0.25) is 0 Å². The van der Waals surface area contributed by atoms with Crippen molar-refractivity contribution < 1.29 is 0 Å². The lowest BCUT2D eigenvalue weighted by atomic mass is 9.68. The number of benzene rings is 1. The summed E-state index contributed by atoms with van der Waals surface area (Å²) in [7, 11) is 4.24. The molecule has 0 heterocycles. The van der Waals surface area contributed by atoms with Crippen LogP contribution >= 0.6 is 0 Å². The number of anilines is 1. The van der Waals surface area contributed by atoms with Crippen molar-refractivity contribution in [3.8, 4) is 0 Å². The van der Waals surface area contributed by atoms with Gasteiger partial charge >= 0.3 is 0 Å². The van der Waals surface area contributed by atoms with E-state index in [9.17, 15) is 0 Å². The van der Waals surface area contributed by atoms with Crippen molar-refractivity contribution in [2.45, 2.75) is 77.0 Å². The third kappa shape index (κ3) is 4.35. The van der Waals surface area contributed by atoms with Crippen LogP contribution in [0.4, 0.5) is 5.69 Å². The number of rotatable bonds is 5. The van der Waals surface area contributed by atoms with E-state index in [0.29, 0.717) is 0 Å². The zero-order valence-electron chi connectivity index (χ0n) is 16.1. The molecule has 1 aromatic carbocycles. The van der Waals surface area contributed by atoms with Gasteiger partial charge in [0.25, 0.3) is 0 Å². The molecule has 0 saturated heterocycles. The molecule has 0 radical (unpaired) electrons. The van der Waals surface area contributed by atoms with Gasteiger partial charge in [-0.1, -0.05) is 44.7 Å². The zero-order valence-corrected chi connectivity index (χ0v) is 16.1. The smallest absolute Gasteiger partial charge is 0.0361 e. The van der Waals surface area contributed by atoms with Gasteiger partial charge in [-0.05, 0) is 79.9 Å². The molecule has 134 valence electrons. The molecule has 1 aromatic rings. The summed E-state index contributed by atoms with van der Waals surface area (Å²) in [5, 5.41) is 0. The van der Waals surface area contributed by atoms with Crippen molar-refractivity contribution in [2.75, 3.05) is 19.0 Å². The summed E-state index contributed by atoms with van der Waals surface area (Å²) in [4.78, 5) is 2.19. The monoisotopic (exact) mass is 327 g/mol. The second-order valence-corrected chi connectivity index (χ2v) is 8.67. The molecule has 1 heteroatoms. The second kappa shape index (κ2) is 8.41. The molecule has 0 bridgehead atoms. The molecule has 2 fully saturated rings. The van der Waals surface area contributed by atoms with Crippen molar-refractivity contribution in [1.82, 2.24) is 0 Å². The lowest BCUT2D eigenvalue weighted by Gasteiger charge is -2.38. The lowest BCUT2D eigenvalue weighted by Crippen LogP contribution is -2.25. The highest BCUT2D eigenvalue weighted by Crippen LogP contribution is 2.44. The summed E-state index contributed by atoms with van der Waals surface area (Å²) in [5.41, 5.74) is 2.89. The lowest BCUT2D eigenvalue weighted by molar-refractivity contribution is 0.156. The van der Waals surface area contributed by atoms with Crippen molar-refractivity contribution in [3.05, 3.63) is 29.8 Å². The normalized spacial score (nSPS) is 31.0. The van der Waals surface area contributed by atoms with Gasteiger partial charge in [-0.15, -0.1) is 0 Å². The Morgan fingerprint density at radius 2 is 1.33 bits per heavy atom. The van der Waals surface area contributed by atoms with Crippen molar-refractivity contribution in [1.29, 1.82) is 0 Å². The molecular formula is C23H37N. The SMILES string of the molecule is CCCC1CCC(C2CCC(c3ccc(N(C)C)cc3)CC2)CC1. The first kappa shape index (κ1) is 17.8. The van der Waals surface area contributed by atoms with Gasteiger partial charge in [0.15, 0.2) is 0 Å². The Hall–Kier alpha value is -0.980. The largest absolute Gasteiger partial charge is 0.378 e. The third-order valence-electron chi connectivity index (χ3n) is 6.91. The minimum absolute atomic E-state index is 0.814. The van der Waals surface area contributed by atoms with Crippen LogP contribution in [0.25, 0.3) is 0 Å². The van der Waals surface area contributed by atoms with Crippen molar-refractivity contribution in [2.24, 2.45) is 17.8 Å². The fraction of sp³-hybridized carbons (Fsp3) is 0.739. The van der Waals surface area contributed by atoms with E-state index in [1.165, 1.54) is 69.9 Å². The quantitative estimate of drug-likeness (QED) is 0.586. The molecule has 0 aliphatic heterocycles. The van der Waals surface area contributed by atoms with Crippen LogP contribution in [0.5, 0.6) is 0 Å². The fourth-order valence-electron chi connectivity index (χ4n) is 5.33. The maximum Gasteiger partial charge on any atom is 0.0361 e. The number of nitrogens with zero attached hydrogens (tertiary/aromatic N) is 1. The van der Waals surface area contributed by atoms with E-state index in [0.717, 1.165) is 23.7 Å². The molecule has 2 aliphatic carbocycles. The summed E-state index contributed by atoms with van der Waals surface area (Å²) < 4.78 is 0. The van der Waals surface area contributed by atoms with Gasteiger partial charge in [0.1, 0.15) is 0 Å². The van der Waals surface area contributed by atoms with E-state index in [2.05, 4.69) is 50.2 Å². The van der Waals surface area contributed by atoms with E-state index >= 15 is 0 Å². The van der Waals surface area contributed by atoms with Crippen molar-refractivity contribution in [3.63, 3.8) is 0 Å². The second-order valence-electron chi connectivity index (χ2n) is 8.67. The molecule has 0 N–H and O–H groups in total. The first-order valence-electron chi connectivity index (χ1n) is 10.4. The van der Waals surface area contributed by atoms with Crippen LogP contribution in [0.2, 0.25) is 0 Å². The summed E-state index contributed by atoms with van der Waals surface area (Å²) in [6.45, 7) is 2.35. The van der Waals surface area contributed by atoms with Gasteiger partial charge < -0.3 is 4.90 Å². The van der Waals surface area contributed by atoms with Gasteiger partial charge in [-0.25, -0.2) is 0 Å². The van der Waals surface area contributed by atoms with E-state index in [-0.39, 0.29) is 0 Å². The molecule has 3 rings (SSSR count). The summed E-state index contributed by atoms with van der Waals surface area (Å²) in [6.07, 6.45) is 14.7. The molecule has 2 saturated carbocycles. The first-order valence-corrected chi connectivity index (χ1v) is 10.4. The first-order chi connectivity index (χ1) is 11.7. The van der Waals surface area contributed by atoms with Gasteiger partial charge in [-0.2, -0.15) is 0 Å². The predicted molar refractivity (Wildman–Crippen MR) is 106 cm³/mol. The minimum atomic E-state index is 0.814. The summed E-state index contributed by atoms with van der Waals surface area (Å²) in [5.74, 6) is 3.95. The van der Waals surface area contributed by atoms with E-state index in [1.54, 1.807) is 5.56 Å². The molecule has 24 heavy (non-hydrogen) atoms. The maximum atomic E-state index is 2.37. The fourth-order valence-corrected chi connectivity index (χ4v) is 5.33. The van der Waals surface area contributed by atoms with Crippen LogP contribution in [0.15, 0.2) is 24.3 Å². The zero-order chi connectivity index (χ0) is 16.9. The van der Waals surface area contributed by atoms with E-state index < -0.39 is 0 Å². The minimum Gasteiger partial charge on any atom is -0.378 e. The van der Waals surface area contributed by atoms with Crippen LogP contribution in [0, 0.1) is 17.8 Å². The van der Waals surface area contributed by atoms with Crippen LogP contribution < -0.4 is 4.90 Å². The molecule has 0 aromatic heterocycles. The molecular weight excluding hydrogens is 290 g/mol. The molecule has 0 atom stereocenters.